The lowest BCUT2D eigenvalue weighted by molar-refractivity contribution is -0.110. The fourth-order valence-electron chi connectivity index (χ4n) is 8.65. The molecule has 3 saturated carbocycles. The van der Waals surface area contributed by atoms with Crippen LogP contribution in [0.3, 0.4) is 0 Å². The van der Waals surface area contributed by atoms with Crippen molar-refractivity contribution in [3.05, 3.63) is 11.6 Å². The average Bonchev–Trinajstić information content (AvgIpc) is 3.05. The number of aliphatic hydroxyl groups is 1. The van der Waals surface area contributed by atoms with Gasteiger partial charge < -0.3 is 9.90 Å². The molecule has 29 heavy (non-hydrogen) atoms. The number of hydrogen-bond donors (Lipinski definition) is 1. The van der Waals surface area contributed by atoms with Crippen LogP contribution in [0.1, 0.15) is 98.3 Å². The standard InChI is InChI=1S/C27H44O2/c1-18(17-28)6-5-7-19(2)23-10-11-24-22-9-8-20-16-21(29)12-14-26(20,3)25(22)13-15-27(23,24)4/h8,17-19,21-25,29H,5-7,9-16H2,1-4H3/t18?,19?,21-,22-,23+,24-,25-,26-,27+/m0/s1. The van der Waals surface area contributed by atoms with Crippen LogP contribution in [0.4, 0.5) is 0 Å². The first kappa shape index (κ1) is 21.6. The quantitative estimate of drug-likeness (QED) is 0.404. The molecule has 4 aliphatic carbocycles. The van der Waals surface area contributed by atoms with Gasteiger partial charge in [-0.05, 0) is 98.2 Å². The summed E-state index contributed by atoms with van der Waals surface area (Å²) in [5.41, 5.74) is 2.47. The van der Waals surface area contributed by atoms with E-state index in [1.165, 1.54) is 51.4 Å². The van der Waals surface area contributed by atoms with E-state index in [1.54, 1.807) is 5.57 Å². The average molecular weight is 401 g/mol. The van der Waals surface area contributed by atoms with E-state index in [9.17, 15) is 9.90 Å². The van der Waals surface area contributed by atoms with Crippen molar-refractivity contribution in [2.75, 3.05) is 0 Å². The zero-order chi connectivity index (χ0) is 20.8. The van der Waals surface area contributed by atoms with Crippen LogP contribution in [0.25, 0.3) is 0 Å². The van der Waals surface area contributed by atoms with Crippen LogP contribution in [0, 0.1) is 46.3 Å². The van der Waals surface area contributed by atoms with Gasteiger partial charge in [-0.3, -0.25) is 0 Å². The summed E-state index contributed by atoms with van der Waals surface area (Å²) in [6.07, 6.45) is 17.2. The maximum atomic E-state index is 10.9. The lowest BCUT2D eigenvalue weighted by atomic mass is 9.47. The number of carbonyl (C=O) groups excluding carboxylic acids is 1. The van der Waals surface area contributed by atoms with E-state index >= 15 is 0 Å². The first-order valence-electron chi connectivity index (χ1n) is 12.6. The summed E-state index contributed by atoms with van der Waals surface area (Å²) in [5, 5.41) is 10.2. The van der Waals surface area contributed by atoms with Crippen LogP contribution >= 0.6 is 0 Å². The van der Waals surface area contributed by atoms with Crippen LogP contribution in [0.2, 0.25) is 0 Å². The molecular formula is C27H44O2. The Kier molecular flexibility index (Phi) is 6.06. The first-order chi connectivity index (χ1) is 13.8. The van der Waals surface area contributed by atoms with E-state index in [-0.39, 0.29) is 12.0 Å². The molecule has 2 heteroatoms. The summed E-state index contributed by atoms with van der Waals surface area (Å²) in [6.45, 7) is 9.73. The predicted molar refractivity (Wildman–Crippen MR) is 119 cm³/mol. The lowest BCUT2D eigenvalue weighted by Crippen LogP contribution is -2.50. The third-order valence-electron chi connectivity index (χ3n) is 10.4. The summed E-state index contributed by atoms with van der Waals surface area (Å²) in [5.74, 6) is 4.48. The summed E-state index contributed by atoms with van der Waals surface area (Å²) in [4.78, 5) is 10.9. The molecule has 0 aromatic carbocycles. The Bertz CT molecular complexity index is 638. The molecule has 1 N–H and O–H groups in total. The van der Waals surface area contributed by atoms with Crippen molar-refractivity contribution in [2.45, 2.75) is 104 Å². The second-order valence-corrected chi connectivity index (χ2v) is 11.9. The van der Waals surface area contributed by atoms with Gasteiger partial charge >= 0.3 is 0 Å². The minimum Gasteiger partial charge on any atom is -0.393 e. The molecule has 0 aliphatic heterocycles. The van der Waals surface area contributed by atoms with E-state index < -0.39 is 0 Å². The maximum absolute atomic E-state index is 10.9. The van der Waals surface area contributed by atoms with E-state index in [0.717, 1.165) is 55.1 Å². The molecule has 4 aliphatic rings. The van der Waals surface area contributed by atoms with E-state index in [1.807, 2.05) is 0 Å². The van der Waals surface area contributed by atoms with E-state index in [0.29, 0.717) is 10.8 Å². The van der Waals surface area contributed by atoms with Crippen molar-refractivity contribution in [3.63, 3.8) is 0 Å². The summed E-state index contributed by atoms with van der Waals surface area (Å²) < 4.78 is 0. The second-order valence-electron chi connectivity index (χ2n) is 11.9. The summed E-state index contributed by atoms with van der Waals surface area (Å²) in [7, 11) is 0. The Labute approximate surface area is 178 Å². The third kappa shape index (κ3) is 3.66. The van der Waals surface area contributed by atoms with Crippen LogP contribution in [0.5, 0.6) is 0 Å². The Morgan fingerprint density at radius 2 is 1.90 bits per heavy atom. The molecule has 0 saturated heterocycles. The second kappa shape index (κ2) is 8.13. The molecule has 2 unspecified atom stereocenters. The molecule has 9 atom stereocenters. The van der Waals surface area contributed by atoms with Gasteiger partial charge in [0.25, 0.3) is 0 Å². The molecule has 0 heterocycles. The lowest BCUT2D eigenvalue weighted by Gasteiger charge is -2.58. The molecule has 0 aromatic heterocycles. The van der Waals surface area contributed by atoms with Crippen LogP contribution in [-0.2, 0) is 4.79 Å². The smallest absolute Gasteiger partial charge is 0.122 e. The highest BCUT2D eigenvalue weighted by atomic mass is 16.3. The van der Waals surface area contributed by atoms with Crippen molar-refractivity contribution in [1.29, 1.82) is 0 Å². The van der Waals surface area contributed by atoms with Crippen molar-refractivity contribution in [3.8, 4) is 0 Å². The van der Waals surface area contributed by atoms with Crippen molar-refractivity contribution in [2.24, 2.45) is 46.3 Å². The molecule has 0 bridgehead atoms. The minimum absolute atomic E-state index is 0.0987. The molecule has 2 nitrogen and oxygen atoms in total. The summed E-state index contributed by atoms with van der Waals surface area (Å²) >= 11 is 0. The third-order valence-corrected chi connectivity index (χ3v) is 10.4. The number of fused-ring (bicyclic) bond motifs is 5. The Balaban J connectivity index is 1.46. The fourth-order valence-corrected chi connectivity index (χ4v) is 8.65. The highest BCUT2D eigenvalue weighted by Crippen LogP contribution is 2.67. The zero-order valence-corrected chi connectivity index (χ0v) is 19.3. The highest BCUT2D eigenvalue weighted by molar-refractivity contribution is 5.52. The largest absolute Gasteiger partial charge is 0.393 e. The molecule has 0 aromatic rings. The molecule has 164 valence electrons. The normalized spacial score (nSPS) is 46.1. The Morgan fingerprint density at radius 1 is 1.10 bits per heavy atom. The number of hydrogen-bond acceptors (Lipinski definition) is 2. The van der Waals surface area contributed by atoms with Crippen LogP contribution < -0.4 is 0 Å². The first-order valence-corrected chi connectivity index (χ1v) is 12.6. The van der Waals surface area contributed by atoms with Crippen molar-refractivity contribution in [1.82, 2.24) is 0 Å². The van der Waals surface area contributed by atoms with Gasteiger partial charge in [0.2, 0.25) is 0 Å². The predicted octanol–water partition coefficient (Wildman–Crippen LogP) is 6.57. The van der Waals surface area contributed by atoms with Gasteiger partial charge in [-0.2, -0.15) is 0 Å². The molecule has 0 spiro atoms. The topological polar surface area (TPSA) is 37.3 Å². The van der Waals surface area contributed by atoms with E-state index in [4.69, 9.17) is 0 Å². The number of aldehydes is 1. The number of rotatable bonds is 6. The monoisotopic (exact) mass is 400 g/mol. The van der Waals surface area contributed by atoms with Gasteiger partial charge in [0.15, 0.2) is 0 Å². The fraction of sp³-hybridized carbons (Fsp3) is 0.889. The van der Waals surface area contributed by atoms with Gasteiger partial charge in [-0.1, -0.05) is 52.2 Å². The van der Waals surface area contributed by atoms with Gasteiger partial charge in [0.1, 0.15) is 6.29 Å². The van der Waals surface area contributed by atoms with Gasteiger partial charge in [0, 0.05) is 5.92 Å². The van der Waals surface area contributed by atoms with Crippen LogP contribution in [0.15, 0.2) is 11.6 Å². The Morgan fingerprint density at radius 3 is 2.66 bits per heavy atom. The molecule has 0 amide bonds. The molecule has 4 rings (SSSR count). The van der Waals surface area contributed by atoms with Crippen molar-refractivity contribution >= 4 is 6.29 Å². The van der Waals surface area contributed by atoms with Gasteiger partial charge in [0.05, 0.1) is 6.10 Å². The van der Waals surface area contributed by atoms with Crippen LogP contribution in [-0.4, -0.2) is 17.5 Å². The highest BCUT2D eigenvalue weighted by Gasteiger charge is 2.59. The SMILES string of the molecule is CC(C=O)CCCC(C)[C@H]1CC[C@H]2[C@@H]3CC=C4C[C@@H](O)CC[C@]4(C)[C@H]3CC[C@]12C. The molecule has 3 fully saturated rings. The van der Waals surface area contributed by atoms with Crippen molar-refractivity contribution < 1.29 is 9.90 Å². The number of aliphatic hydroxyl groups excluding tert-OH is 1. The zero-order valence-electron chi connectivity index (χ0n) is 19.3. The van der Waals surface area contributed by atoms with Gasteiger partial charge in [-0.25, -0.2) is 0 Å². The maximum Gasteiger partial charge on any atom is 0.122 e. The Hall–Kier alpha value is -0.630. The molecular weight excluding hydrogens is 356 g/mol. The summed E-state index contributed by atoms with van der Waals surface area (Å²) in [6, 6.07) is 0. The minimum atomic E-state index is -0.0987. The number of carbonyl (C=O) groups is 1. The molecule has 0 radical (unpaired) electrons. The number of allylic oxidation sites excluding steroid dienone is 1. The van der Waals surface area contributed by atoms with E-state index in [2.05, 4.69) is 33.8 Å². The van der Waals surface area contributed by atoms with Gasteiger partial charge in [-0.15, -0.1) is 0 Å².